The molecule has 4 aliphatic carbocycles. The molecule has 0 spiro atoms. The van der Waals surface area contributed by atoms with Gasteiger partial charge in [0.25, 0.3) is 0 Å². The Hall–Kier alpha value is -0.500. The number of halogens is 2. The van der Waals surface area contributed by atoms with Gasteiger partial charge >= 0.3 is 0 Å². The Morgan fingerprint density at radius 1 is 1.15 bits per heavy atom. The molecular weight excluding hydrogens is 289 g/mol. The van der Waals surface area contributed by atoms with Crippen molar-refractivity contribution in [1.29, 1.82) is 0 Å². The zero-order chi connectivity index (χ0) is 14.0. The largest absolute Gasteiger partial charge is 0.324 e. The maximum absolute atomic E-state index is 7.03. The van der Waals surface area contributed by atoms with E-state index in [2.05, 4.69) is 18.2 Å². The van der Waals surface area contributed by atoms with Crippen LogP contribution in [0.3, 0.4) is 0 Å². The molecule has 4 bridgehead atoms. The van der Waals surface area contributed by atoms with Gasteiger partial charge in [-0.05, 0) is 37.2 Å². The molecule has 106 valence electrons. The van der Waals surface area contributed by atoms with Gasteiger partial charge in [-0.25, -0.2) is 0 Å². The van der Waals surface area contributed by atoms with E-state index < -0.39 is 0 Å². The van der Waals surface area contributed by atoms with Crippen LogP contribution in [0.15, 0.2) is 42.0 Å². The number of allylic oxidation sites excluding steroid dienone is 2. The van der Waals surface area contributed by atoms with Crippen molar-refractivity contribution in [3.05, 3.63) is 47.5 Å². The van der Waals surface area contributed by atoms with Crippen molar-refractivity contribution in [2.24, 2.45) is 17.6 Å². The molecule has 1 nitrogen and oxygen atoms in total. The summed E-state index contributed by atoms with van der Waals surface area (Å²) in [6.07, 6.45) is 6.31. The normalized spacial score (nSPS) is 43.5. The summed E-state index contributed by atoms with van der Waals surface area (Å²) in [5.41, 5.74) is 9.23. The molecule has 5 rings (SSSR count). The first-order valence-electron chi connectivity index (χ1n) is 7.37. The Bertz CT molecular complexity index is 570. The van der Waals surface area contributed by atoms with Gasteiger partial charge in [-0.2, -0.15) is 0 Å². The summed E-state index contributed by atoms with van der Waals surface area (Å²) >= 11 is 13.8. The van der Waals surface area contributed by atoms with E-state index in [0.717, 1.165) is 25.7 Å². The van der Waals surface area contributed by atoms with E-state index in [1.807, 2.05) is 18.2 Å². The second-order valence-corrected chi connectivity index (χ2v) is 8.43. The molecule has 4 aliphatic rings. The van der Waals surface area contributed by atoms with Crippen molar-refractivity contribution in [2.45, 2.75) is 41.5 Å². The van der Waals surface area contributed by atoms with Crippen LogP contribution in [0.2, 0.25) is 0 Å². The first-order valence-corrected chi connectivity index (χ1v) is 8.13. The van der Waals surface area contributed by atoms with Crippen LogP contribution in [0.5, 0.6) is 0 Å². The minimum Gasteiger partial charge on any atom is -0.324 e. The molecule has 3 heteroatoms. The maximum atomic E-state index is 7.03. The van der Waals surface area contributed by atoms with Gasteiger partial charge in [-0.1, -0.05) is 42.0 Å². The number of alkyl halides is 2. The number of nitrogens with two attached hydrogens (primary N) is 1. The smallest absolute Gasteiger partial charge is 0.0552 e. The molecule has 0 aliphatic heterocycles. The Morgan fingerprint density at radius 2 is 1.90 bits per heavy atom. The van der Waals surface area contributed by atoms with Crippen LogP contribution in [0, 0.1) is 11.8 Å². The summed E-state index contributed by atoms with van der Waals surface area (Å²) in [6.45, 7) is 0. The molecule has 0 aromatic heterocycles. The summed E-state index contributed by atoms with van der Waals surface area (Å²) in [5.74, 6) is 0.731. The molecule has 0 amide bonds. The number of hydrogen-bond acceptors (Lipinski definition) is 1. The highest BCUT2D eigenvalue weighted by molar-refractivity contribution is 6.28. The lowest BCUT2D eigenvalue weighted by Crippen LogP contribution is -2.58. The number of hydrogen-bond donors (Lipinski definition) is 1. The van der Waals surface area contributed by atoms with Gasteiger partial charge in [-0.15, -0.1) is 23.2 Å². The van der Waals surface area contributed by atoms with Crippen LogP contribution in [-0.4, -0.2) is 9.75 Å². The van der Waals surface area contributed by atoms with E-state index in [0.29, 0.717) is 11.8 Å². The van der Waals surface area contributed by atoms with Crippen LogP contribution in [0.4, 0.5) is 0 Å². The topological polar surface area (TPSA) is 26.0 Å². The molecule has 1 unspecified atom stereocenters. The van der Waals surface area contributed by atoms with Crippen molar-refractivity contribution in [3.8, 4) is 0 Å². The van der Waals surface area contributed by atoms with E-state index in [4.69, 9.17) is 28.9 Å². The van der Waals surface area contributed by atoms with E-state index in [-0.39, 0.29) is 15.8 Å². The third kappa shape index (κ3) is 1.87. The second-order valence-electron chi connectivity index (χ2n) is 6.87. The van der Waals surface area contributed by atoms with Gasteiger partial charge in [0.05, 0.1) is 9.75 Å². The highest BCUT2D eigenvalue weighted by atomic mass is 35.5. The van der Waals surface area contributed by atoms with Gasteiger partial charge < -0.3 is 5.73 Å². The van der Waals surface area contributed by atoms with Crippen molar-refractivity contribution >= 4 is 23.2 Å². The Balaban J connectivity index is 1.73. The van der Waals surface area contributed by atoms with Crippen LogP contribution in [-0.2, 0) is 0 Å². The molecule has 5 atom stereocenters. The highest BCUT2D eigenvalue weighted by Crippen LogP contribution is 2.64. The maximum Gasteiger partial charge on any atom is 0.0552 e. The molecule has 2 N–H and O–H groups in total. The molecule has 0 heterocycles. The minimum atomic E-state index is -0.248. The van der Waals surface area contributed by atoms with Crippen LogP contribution in [0.1, 0.15) is 37.3 Å². The fraction of sp³-hybridized carbons (Fsp3) is 0.529. The Kier molecular flexibility index (Phi) is 2.80. The number of benzene rings is 1. The summed E-state index contributed by atoms with van der Waals surface area (Å²) in [5, 5.41) is 0. The SMILES string of the molecule is N[C@@H](c1ccccc1)[C@H]1C2C=C3C[C@](Cl)(C2)C[C@@]1(Cl)C3. The van der Waals surface area contributed by atoms with Crippen molar-refractivity contribution in [2.75, 3.05) is 0 Å². The van der Waals surface area contributed by atoms with Crippen LogP contribution < -0.4 is 5.73 Å². The van der Waals surface area contributed by atoms with E-state index in [1.54, 1.807) is 0 Å². The standard InChI is InChI=1S/C17H19Cl2N/c18-16-7-11-6-13(9-16)14(17(19,8-11)10-16)15(20)12-4-2-1-3-5-12/h1-6,13-15H,7-10,20H2/t13?,14-,15+,16+,17+/m1/s1. The minimum absolute atomic E-state index is 0.00387. The third-order valence-electron chi connectivity index (χ3n) is 5.36. The van der Waals surface area contributed by atoms with Crippen LogP contribution >= 0.6 is 23.2 Å². The van der Waals surface area contributed by atoms with Crippen molar-refractivity contribution in [3.63, 3.8) is 0 Å². The van der Waals surface area contributed by atoms with Gasteiger partial charge in [0.2, 0.25) is 0 Å². The number of rotatable bonds is 2. The van der Waals surface area contributed by atoms with Crippen molar-refractivity contribution < 1.29 is 0 Å². The lowest BCUT2D eigenvalue weighted by atomic mass is 9.53. The quantitative estimate of drug-likeness (QED) is 0.636. The zero-order valence-electron chi connectivity index (χ0n) is 11.4. The van der Waals surface area contributed by atoms with E-state index in [9.17, 15) is 0 Å². The van der Waals surface area contributed by atoms with E-state index in [1.165, 1.54) is 11.1 Å². The third-order valence-corrected chi connectivity index (χ3v) is 6.30. The molecule has 0 saturated heterocycles. The Morgan fingerprint density at radius 3 is 2.55 bits per heavy atom. The fourth-order valence-electron chi connectivity index (χ4n) is 4.87. The Labute approximate surface area is 130 Å². The zero-order valence-corrected chi connectivity index (χ0v) is 12.9. The lowest BCUT2D eigenvalue weighted by Gasteiger charge is -2.59. The van der Waals surface area contributed by atoms with E-state index >= 15 is 0 Å². The average Bonchev–Trinajstić information content (AvgIpc) is 2.36. The predicted octanol–water partition coefficient (Wildman–Crippen LogP) is 4.40. The summed E-state index contributed by atoms with van der Waals surface area (Å²) < 4.78 is 0. The summed E-state index contributed by atoms with van der Waals surface area (Å²) in [7, 11) is 0. The average molecular weight is 308 g/mol. The van der Waals surface area contributed by atoms with Gasteiger partial charge in [0.1, 0.15) is 0 Å². The van der Waals surface area contributed by atoms with Crippen LogP contribution in [0.25, 0.3) is 0 Å². The van der Waals surface area contributed by atoms with Gasteiger partial charge in [0, 0.05) is 12.0 Å². The second kappa shape index (κ2) is 4.25. The first-order chi connectivity index (χ1) is 9.49. The lowest BCUT2D eigenvalue weighted by molar-refractivity contribution is 0.103. The molecule has 20 heavy (non-hydrogen) atoms. The molecular formula is C17H19Cl2N. The predicted molar refractivity (Wildman–Crippen MR) is 84.1 cm³/mol. The van der Waals surface area contributed by atoms with Gasteiger partial charge in [-0.3, -0.25) is 0 Å². The molecule has 2 fully saturated rings. The van der Waals surface area contributed by atoms with Gasteiger partial charge in [0.15, 0.2) is 0 Å². The molecule has 0 radical (unpaired) electrons. The monoisotopic (exact) mass is 307 g/mol. The fourth-order valence-corrected chi connectivity index (χ4v) is 6.25. The molecule has 1 aromatic carbocycles. The summed E-state index contributed by atoms with van der Waals surface area (Å²) in [6, 6.07) is 10.3. The summed E-state index contributed by atoms with van der Waals surface area (Å²) in [4.78, 5) is -0.357. The first kappa shape index (κ1) is 13.2. The highest BCUT2D eigenvalue weighted by Gasteiger charge is 2.60. The molecule has 1 aromatic rings. The van der Waals surface area contributed by atoms with Crippen molar-refractivity contribution in [1.82, 2.24) is 0 Å². The molecule has 2 saturated carbocycles.